The molecule has 0 radical (unpaired) electrons. The Kier molecular flexibility index (Phi) is 21.5. The standard InChI is InChI=1S/C34H59N11O11/c1-24(46)14-36(2)26(48)16-38(4)28(50)18-40(6)30(52)20-42(8)32(54)22-44(10)34(56)23-45(11)33(55)21-43(9)31(53)19-41(7)29(51)17-39(5)27(49)15-37(3)25(47)12-13-35/h12-23,35H2,1-11H3. The van der Waals surface area contributed by atoms with Crippen LogP contribution in [0.1, 0.15) is 13.3 Å². The molecule has 56 heavy (non-hydrogen) atoms. The molecule has 0 saturated carbocycles. The van der Waals surface area contributed by atoms with Gasteiger partial charge in [-0.3, -0.25) is 52.7 Å². The molecule has 0 heterocycles. The largest absolute Gasteiger partial charge is 0.337 e. The minimum Gasteiger partial charge on any atom is -0.337 e. The van der Waals surface area contributed by atoms with E-state index in [0.717, 1.165) is 39.2 Å². The van der Waals surface area contributed by atoms with E-state index in [1.54, 1.807) is 0 Å². The van der Waals surface area contributed by atoms with Crippen molar-refractivity contribution in [3.05, 3.63) is 0 Å². The number of nitrogens with two attached hydrogens (primary N) is 1. The highest BCUT2D eigenvalue weighted by Crippen LogP contribution is 2.01. The average Bonchev–Trinajstić information content (AvgIpc) is 3.10. The monoisotopic (exact) mass is 797 g/mol. The van der Waals surface area contributed by atoms with Crippen LogP contribution in [0.4, 0.5) is 0 Å². The lowest BCUT2D eigenvalue weighted by atomic mass is 10.3. The smallest absolute Gasteiger partial charge is 0.242 e. The van der Waals surface area contributed by atoms with E-state index in [2.05, 4.69) is 0 Å². The van der Waals surface area contributed by atoms with Gasteiger partial charge in [0.2, 0.25) is 59.1 Å². The fourth-order valence-corrected chi connectivity index (χ4v) is 4.44. The summed E-state index contributed by atoms with van der Waals surface area (Å²) >= 11 is 0. The lowest BCUT2D eigenvalue weighted by Crippen LogP contribution is -2.49. The molecule has 22 heteroatoms. The third kappa shape index (κ3) is 18.1. The van der Waals surface area contributed by atoms with Gasteiger partial charge in [0.15, 0.2) is 0 Å². The van der Waals surface area contributed by atoms with Crippen molar-refractivity contribution >= 4 is 64.9 Å². The molecule has 0 unspecified atom stereocenters. The predicted octanol–water partition coefficient (Wildman–Crippen LogP) is -5.49. The molecule has 0 bridgehead atoms. The number of hydrogen-bond acceptors (Lipinski definition) is 12. The van der Waals surface area contributed by atoms with Crippen LogP contribution in [0.25, 0.3) is 0 Å². The fourth-order valence-electron chi connectivity index (χ4n) is 4.44. The van der Waals surface area contributed by atoms with Crippen molar-refractivity contribution in [3.63, 3.8) is 0 Å². The van der Waals surface area contributed by atoms with Gasteiger partial charge < -0.3 is 54.7 Å². The quantitative estimate of drug-likeness (QED) is 0.108. The molecule has 10 amide bonds. The van der Waals surface area contributed by atoms with E-state index in [-0.39, 0.29) is 57.4 Å². The molecule has 316 valence electrons. The number of rotatable bonds is 22. The summed E-state index contributed by atoms with van der Waals surface area (Å²) in [5, 5.41) is 0. The average molecular weight is 798 g/mol. The fraction of sp³-hybridized carbons (Fsp3) is 0.676. The maximum absolute atomic E-state index is 12.8. The maximum Gasteiger partial charge on any atom is 0.242 e. The van der Waals surface area contributed by atoms with E-state index >= 15 is 0 Å². The molecule has 0 saturated heterocycles. The van der Waals surface area contributed by atoms with Gasteiger partial charge in [-0.15, -0.1) is 0 Å². The number of likely N-dealkylation sites (N-methyl/N-ethyl adjacent to an activating group) is 10. The molecule has 0 aliphatic carbocycles. The second-order valence-electron chi connectivity index (χ2n) is 13.7. The number of Topliss-reactive ketones (excluding diaryl/α,β-unsaturated/α-hetero) is 1. The van der Waals surface area contributed by atoms with Gasteiger partial charge in [-0.05, 0) is 6.92 Å². The number of hydrogen-bond donors (Lipinski definition) is 1. The predicted molar refractivity (Wildman–Crippen MR) is 201 cm³/mol. The van der Waals surface area contributed by atoms with Gasteiger partial charge in [0.1, 0.15) is 5.78 Å². The molecule has 0 rings (SSSR count). The van der Waals surface area contributed by atoms with Crippen LogP contribution in [0.15, 0.2) is 0 Å². The zero-order valence-electron chi connectivity index (χ0n) is 34.5. The van der Waals surface area contributed by atoms with E-state index < -0.39 is 85.9 Å². The van der Waals surface area contributed by atoms with Crippen molar-refractivity contribution in [2.45, 2.75) is 13.3 Å². The van der Waals surface area contributed by atoms with Gasteiger partial charge in [0.05, 0.1) is 65.4 Å². The van der Waals surface area contributed by atoms with Crippen molar-refractivity contribution in [3.8, 4) is 0 Å². The minimum atomic E-state index is -0.615. The van der Waals surface area contributed by atoms with Crippen LogP contribution in [-0.4, -0.2) is 256 Å². The zero-order valence-corrected chi connectivity index (χ0v) is 34.5. The van der Waals surface area contributed by atoms with Crippen LogP contribution >= 0.6 is 0 Å². The normalized spacial score (nSPS) is 10.4. The van der Waals surface area contributed by atoms with E-state index in [0.29, 0.717) is 0 Å². The summed E-state index contributed by atoms with van der Waals surface area (Å²) in [5.41, 5.74) is 5.36. The summed E-state index contributed by atoms with van der Waals surface area (Å²) in [6.07, 6.45) is 0.0727. The number of amides is 10. The Labute approximate surface area is 327 Å². The van der Waals surface area contributed by atoms with Crippen molar-refractivity contribution in [2.75, 3.05) is 142 Å². The van der Waals surface area contributed by atoms with Gasteiger partial charge in [-0.25, -0.2) is 0 Å². The molecular formula is C34H59N11O11. The van der Waals surface area contributed by atoms with Crippen LogP contribution in [0, 0.1) is 0 Å². The van der Waals surface area contributed by atoms with Gasteiger partial charge in [-0.1, -0.05) is 0 Å². The number of carbonyl (C=O) groups is 11. The molecule has 2 N–H and O–H groups in total. The highest BCUT2D eigenvalue weighted by atomic mass is 16.2. The molecule has 0 atom stereocenters. The lowest BCUT2D eigenvalue weighted by Gasteiger charge is -2.27. The molecule has 0 aliphatic heterocycles. The summed E-state index contributed by atoms with van der Waals surface area (Å²) in [4.78, 5) is 148. The van der Waals surface area contributed by atoms with E-state index in [1.165, 1.54) is 87.2 Å². The van der Waals surface area contributed by atoms with Crippen molar-refractivity contribution < 1.29 is 52.7 Å². The highest BCUT2D eigenvalue weighted by Gasteiger charge is 2.26. The van der Waals surface area contributed by atoms with Crippen LogP contribution in [0.2, 0.25) is 0 Å². The minimum absolute atomic E-state index is 0.0727. The summed E-state index contributed by atoms with van der Waals surface area (Å²) < 4.78 is 0. The topological polar surface area (TPSA) is 246 Å². The first-order valence-corrected chi connectivity index (χ1v) is 17.4. The van der Waals surface area contributed by atoms with Crippen molar-refractivity contribution in [2.24, 2.45) is 5.73 Å². The zero-order chi connectivity index (χ0) is 43.6. The first-order valence-electron chi connectivity index (χ1n) is 17.4. The molecular weight excluding hydrogens is 738 g/mol. The summed E-state index contributed by atoms with van der Waals surface area (Å²) in [7, 11) is 13.7. The van der Waals surface area contributed by atoms with Crippen LogP contribution in [0.5, 0.6) is 0 Å². The Morgan fingerprint density at radius 3 is 0.571 bits per heavy atom. The van der Waals surface area contributed by atoms with Crippen LogP contribution in [-0.2, 0) is 52.7 Å². The summed E-state index contributed by atoms with van der Waals surface area (Å²) in [5.74, 6) is -5.62. The molecule has 0 aromatic rings. The first kappa shape index (κ1) is 50.3. The first-order chi connectivity index (χ1) is 25.8. The second kappa shape index (κ2) is 24.0. The number of nitrogens with zero attached hydrogens (tertiary/aromatic N) is 10. The van der Waals surface area contributed by atoms with Gasteiger partial charge in [0.25, 0.3) is 0 Å². The van der Waals surface area contributed by atoms with E-state index in [4.69, 9.17) is 5.73 Å². The third-order valence-corrected chi connectivity index (χ3v) is 8.43. The van der Waals surface area contributed by atoms with Crippen molar-refractivity contribution in [1.29, 1.82) is 0 Å². The maximum atomic E-state index is 12.8. The van der Waals surface area contributed by atoms with Gasteiger partial charge >= 0.3 is 0 Å². The van der Waals surface area contributed by atoms with E-state index in [9.17, 15) is 52.7 Å². The molecule has 0 spiro atoms. The highest BCUT2D eigenvalue weighted by molar-refractivity contribution is 5.94. The number of carbonyl (C=O) groups excluding carboxylic acids is 11. The van der Waals surface area contributed by atoms with Crippen molar-refractivity contribution in [1.82, 2.24) is 49.0 Å². The number of ketones is 1. The SMILES string of the molecule is CC(=O)CN(C)C(=O)CN(C)C(=O)CN(C)C(=O)CN(C)C(=O)CN(C)C(=O)CN(C)C(=O)CN(C)C(=O)CN(C)C(=O)CN(C)C(=O)CN(C)C(=O)CCN. The summed E-state index contributed by atoms with van der Waals surface area (Å²) in [6.45, 7) is -2.07. The Balaban J connectivity index is 4.88. The lowest BCUT2D eigenvalue weighted by molar-refractivity contribution is -0.146. The van der Waals surface area contributed by atoms with E-state index in [1.807, 2.05) is 0 Å². The Morgan fingerprint density at radius 2 is 0.429 bits per heavy atom. The Bertz CT molecular complexity index is 1490. The summed E-state index contributed by atoms with van der Waals surface area (Å²) in [6, 6.07) is 0. The molecule has 0 fully saturated rings. The molecule has 0 aromatic heterocycles. The second-order valence-corrected chi connectivity index (χ2v) is 13.7. The molecule has 0 aliphatic rings. The Morgan fingerprint density at radius 1 is 0.286 bits per heavy atom. The van der Waals surface area contributed by atoms with Crippen LogP contribution < -0.4 is 5.73 Å². The third-order valence-electron chi connectivity index (χ3n) is 8.43. The molecule has 0 aromatic carbocycles. The van der Waals surface area contributed by atoms with Gasteiger partial charge in [0, 0.05) is 83.4 Å². The Hall–Kier alpha value is -5.67. The van der Waals surface area contributed by atoms with Gasteiger partial charge in [-0.2, -0.15) is 0 Å². The van der Waals surface area contributed by atoms with Crippen LogP contribution in [0.3, 0.4) is 0 Å². The molecule has 22 nitrogen and oxygen atoms in total.